The molecule has 2 aromatic rings. The number of carbonyl (C=O) groups excluding carboxylic acids is 1. The fraction of sp³-hybridized carbons (Fsp3) is 0.353. The number of halogens is 1. The van der Waals surface area contributed by atoms with Crippen LogP contribution in [-0.2, 0) is 15.0 Å². The molecule has 1 heterocycles. The number of hydrogen-bond donors (Lipinski definition) is 3. The number of fused-ring (bicyclic) bond motifs is 1. The molecule has 1 aliphatic rings. The molecule has 1 saturated heterocycles. The fourth-order valence-electron chi connectivity index (χ4n) is 2.83. The summed E-state index contributed by atoms with van der Waals surface area (Å²) in [6, 6.07) is 6.25. The molecule has 1 aliphatic heterocycles. The van der Waals surface area contributed by atoms with Crippen molar-refractivity contribution in [2.24, 2.45) is 5.92 Å². The Morgan fingerprint density at radius 2 is 2.08 bits per heavy atom. The van der Waals surface area contributed by atoms with Gasteiger partial charge in [-0.15, -0.1) is 0 Å². The van der Waals surface area contributed by atoms with Crippen molar-refractivity contribution >= 4 is 38.3 Å². The summed E-state index contributed by atoms with van der Waals surface area (Å²) in [6.45, 7) is 4.34. The molecular weight excluding hydrogens is 361 g/mol. The van der Waals surface area contributed by atoms with Gasteiger partial charge in [0.1, 0.15) is 18.0 Å². The molecule has 0 unspecified atom stereocenters. The Balaban J connectivity index is 2.04. The molecule has 26 heavy (non-hydrogen) atoms. The number of nitrogens with zero attached hydrogens (tertiary/aromatic N) is 1. The topological polar surface area (TPSA) is 98.7 Å². The number of anilines is 2. The summed E-state index contributed by atoms with van der Waals surface area (Å²) in [5.41, 5.74) is 0.155. The molecule has 0 spiro atoms. The monoisotopic (exact) mass is 381 g/mol. The first-order valence-electron chi connectivity index (χ1n) is 8.21. The number of nitrogens with one attached hydrogen (secondary N) is 2. The number of rotatable bonds is 5. The normalized spacial score (nSPS) is 16.3. The molecule has 3 N–H and O–H groups in total. The van der Waals surface area contributed by atoms with Crippen LogP contribution in [0.25, 0.3) is 10.8 Å². The molecule has 1 amide bonds. The molecule has 3 rings (SSSR count). The van der Waals surface area contributed by atoms with Gasteiger partial charge in [0.15, 0.2) is 5.82 Å². The van der Waals surface area contributed by atoms with Gasteiger partial charge in [-0.2, -0.15) is 8.42 Å². The van der Waals surface area contributed by atoms with Gasteiger partial charge >= 0.3 is 10.2 Å². The minimum Gasteiger partial charge on any atom is -0.506 e. The molecule has 0 aliphatic carbocycles. The highest BCUT2D eigenvalue weighted by atomic mass is 32.2. The third-order valence-corrected chi connectivity index (χ3v) is 5.53. The van der Waals surface area contributed by atoms with E-state index < -0.39 is 39.9 Å². The minimum absolute atomic E-state index is 0.155. The van der Waals surface area contributed by atoms with E-state index in [0.717, 1.165) is 6.42 Å². The Hall–Kier alpha value is -2.55. The summed E-state index contributed by atoms with van der Waals surface area (Å²) < 4.78 is 41.3. The number of phenols is 1. The van der Waals surface area contributed by atoms with Crippen LogP contribution in [0.15, 0.2) is 24.3 Å². The number of amides is 1. The van der Waals surface area contributed by atoms with E-state index in [1.165, 1.54) is 6.07 Å². The van der Waals surface area contributed by atoms with Crippen LogP contribution in [0.3, 0.4) is 0 Å². The predicted octanol–water partition coefficient (Wildman–Crippen LogP) is 2.32. The third kappa shape index (κ3) is 3.39. The second-order valence-electron chi connectivity index (χ2n) is 6.64. The van der Waals surface area contributed by atoms with Crippen molar-refractivity contribution in [3.63, 3.8) is 0 Å². The van der Waals surface area contributed by atoms with Crippen molar-refractivity contribution in [2.45, 2.75) is 20.3 Å². The molecule has 0 bridgehead atoms. The highest BCUT2D eigenvalue weighted by molar-refractivity contribution is 7.92. The van der Waals surface area contributed by atoms with Gasteiger partial charge in [0.2, 0.25) is 0 Å². The Morgan fingerprint density at radius 3 is 2.69 bits per heavy atom. The van der Waals surface area contributed by atoms with Crippen molar-refractivity contribution in [1.82, 2.24) is 4.72 Å². The first kappa shape index (κ1) is 18.2. The maximum Gasteiger partial charge on any atom is 0.326 e. The zero-order valence-electron chi connectivity index (χ0n) is 14.4. The van der Waals surface area contributed by atoms with Gasteiger partial charge in [0.05, 0.1) is 0 Å². The zero-order valence-corrected chi connectivity index (χ0v) is 15.2. The van der Waals surface area contributed by atoms with E-state index in [4.69, 9.17) is 0 Å². The number of carbonyl (C=O) groups is 1. The first-order chi connectivity index (χ1) is 12.2. The molecule has 0 radical (unpaired) electrons. The summed E-state index contributed by atoms with van der Waals surface area (Å²) in [5.74, 6) is -1.70. The minimum atomic E-state index is -4.22. The van der Waals surface area contributed by atoms with Crippen LogP contribution in [0, 0.1) is 11.7 Å². The lowest BCUT2D eigenvalue weighted by molar-refractivity contribution is -0.117. The highest BCUT2D eigenvalue weighted by Crippen LogP contribution is 2.39. The van der Waals surface area contributed by atoms with Gasteiger partial charge < -0.3 is 10.4 Å². The second-order valence-corrected chi connectivity index (χ2v) is 8.24. The standard InChI is InChI=1S/C17H20FN3O4S/c1-10(2)5-6-19-12-4-3-11-7-14(22)17(16(18)13(11)8-12)21-9-15(23)20-26(21,24)25/h3-4,7-8,10,19,22H,5-6,9H2,1-2H3,(H,20,23). The number of phenolic OH excluding ortho intramolecular Hbond substituents is 1. The molecule has 0 aromatic heterocycles. The molecule has 1 fully saturated rings. The quantitative estimate of drug-likeness (QED) is 0.738. The molecule has 140 valence electrons. The maximum atomic E-state index is 15.0. The Bertz CT molecular complexity index is 976. The van der Waals surface area contributed by atoms with Crippen molar-refractivity contribution in [3.05, 3.63) is 30.1 Å². The molecule has 7 nitrogen and oxygen atoms in total. The van der Waals surface area contributed by atoms with Crippen LogP contribution in [0.2, 0.25) is 0 Å². The van der Waals surface area contributed by atoms with Gasteiger partial charge in [-0.05, 0) is 35.9 Å². The van der Waals surface area contributed by atoms with Gasteiger partial charge in [0, 0.05) is 17.6 Å². The van der Waals surface area contributed by atoms with Crippen molar-refractivity contribution in [1.29, 1.82) is 0 Å². The summed E-state index contributed by atoms with van der Waals surface area (Å²) in [4.78, 5) is 11.4. The van der Waals surface area contributed by atoms with E-state index in [0.29, 0.717) is 27.8 Å². The Kier molecular flexibility index (Phi) is 4.66. The SMILES string of the molecule is CC(C)CCNc1ccc2cc(O)c(N3CC(=O)NS3(=O)=O)c(F)c2c1. The molecule has 9 heteroatoms. The van der Waals surface area contributed by atoms with E-state index >= 15 is 4.39 Å². The second kappa shape index (κ2) is 6.64. The summed E-state index contributed by atoms with van der Waals surface area (Å²) in [5, 5.41) is 13.9. The third-order valence-electron chi connectivity index (χ3n) is 4.15. The average molecular weight is 381 g/mol. The smallest absolute Gasteiger partial charge is 0.326 e. The van der Waals surface area contributed by atoms with Gasteiger partial charge in [-0.1, -0.05) is 19.9 Å². The Labute approximate surface area is 151 Å². The van der Waals surface area contributed by atoms with Gasteiger partial charge in [-0.3, -0.25) is 4.79 Å². The van der Waals surface area contributed by atoms with Crippen LogP contribution in [-0.4, -0.2) is 32.5 Å². The maximum absolute atomic E-state index is 15.0. The van der Waals surface area contributed by atoms with Crippen LogP contribution in [0.4, 0.5) is 15.8 Å². The number of hydrogen-bond acceptors (Lipinski definition) is 5. The van der Waals surface area contributed by atoms with E-state index in [-0.39, 0.29) is 5.39 Å². The van der Waals surface area contributed by atoms with Crippen LogP contribution in [0.1, 0.15) is 20.3 Å². The number of aromatic hydroxyl groups is 1. The number of benzene rings is 2. The summed E-state index contributed by atoms with van der Waals surface area (Å²) >= 11 is 0. The molecule has 2 aromatic carbocycles. The predicted molar refractivity (Wildman–Crippen MR) is 97.9 cm³/mol. The van der Waals surface area contributed by atoms with Crippen LogP contribution >= 0.6 is 0 Å². The van der Waals surface area contributed by atoms with Gasteiger partial charge in [-0.25, -0.2) is 13.4 Å². The summed E-state index contributed by atoms with van der Waals surface area (Å²) in [6.07, 6.45) is 0.946. The van der Waals surface area contributed by atoms with Crippen molar-refractivity contribution in [3.8, 4) is 5.75 Å². The van der Waals surface area contributed by atoms with E-state index in [9.17, 15) is 18.3 Å². The lowest BCUT2D eigenvalue weighted by Crippen LogP contribution is -2.30. The zero-order chi connectivity index (χ0) is 19.1. The van der Waals surface area contributed by atoms with E-state index in [1.54, 1.807) is 22.9 Å². The average Bonchev–Trinajstić information content (AvgIpc) is 2.80. The van der Waals surface area contributed by atoms with Crippen LogP contribution < -0.4 is 14.3 Å². The lowest BCUT2D eigenvalue weighted by atomic mass is 10.1. The van der Waals surface area contributed by atoms with E-state index in [1.807, 2.05) is 0 Å². The fourth-order valence-corrected chi connectivity index (χ4v) is 3.99. The largest absolute Gasteiger partial charge is 0.506 e. The highest BCUT2D eigenvalue weighted by Gasteiger charge is 2.37. The molecule has 0 atom stereocenters. The Morgan fingerprint density at radius 1 is 1.35 bits per heavy atom. The van der Waals surface area contributed by atoms with E-state index in [2.05, 4.69) is 19.2 Å². The van der Waals surface area contributed by atoms with Crippen LogP contribution in [0.5, 0.6) is 5.75 Å². The summed E-state index contributed by atoms with van der Waals surface area (Å²) in [7, 11) is -4.22. The van der Waals surface area contributed by atoms with Crippen molar-refractivity contribution < 1.29 is 22.7 Å². The first-order valence-corrected chi connectivity index (χ1v) is 9.65. The van der Waals surface area contributed by atoms with Gasteiger partial charge in [0.25, 0.3) is 5.91 Å². The lowest BCUT2D eigenvalue weighted by Gasteiger charge is -2.18. The molecule has 0 saturated carbocycles. The van der Waals surface area contributed by atoms with Crippen molar-refractivity contribution in [2.75, 3.05) is 22.7 Å². The molecular formula is C17H20FN3O4S.